The lowest BCUT2D eigenvalue weighted by atomic mass is 9.86. The van der Waals surface area contributed by atoms with Gasteiger partial charge in [-0.3, -0.25) is 4.57 Å². The first-order valence-electron chi connectivity index (χ1n) is 10.1. The van der Waals surface area contributed by atoms with E-state index in [0.29, 0.717) is 17.0 Å². The lowest BCUT2D eigenvalue weighted by Gasteiger charge is -2.29. The van der Waals surface area contributed by atoms with Crippen LogP contribution >= 0.6 is 11.6 Å². The van der Waals surface area contributed by atoms with Gasteiger partial charge in [0.05, 0.1) is 30.7 Å². The van der Waals surface area contributed by atoms with Crippen LogP contribution in [0.25, 0.3) is 5.69 Å². The Hall–Kier alpha value is -1.48. The molecule has 1 aromatic heterocycles. The van der Waals surface area contributed by atoms with E-state index in [1.807, 2.05) is 22.8 Å². The normalized spacial score (nSPS) is 22.9. The number of fused-ring (bicyclic) bond motifs is 3. The molecule has 0 bridgehead atoms. The van der Waals surface area contributed by atoms with Crippen molar-refractivity contribution in [2.24, 2.45) is 0 Å². The van der Waals surface area contributed by atoms with Gasteiger partial charge in [0, 0.05) is 17.5 Å². The van der Waals surface area contributed by atoms with Crippen molar-refractivity contribution >= 4 is 21.6 Å². The third-order valence-corrected chi connectivity index (χ3v) is 7.11. The Bertz CT molecular complexity index is 997. The Morgan fingerprint density at radius 3 is 2.52 bits per heavy atom. The zero-order valence-corrected chi connectivity index (χ0v) is 18.6. The molecule has 2 aromatic rings. The fourth-order valence-electron chi connectivity index (χ4n) is 4.34. The van der Waals surface area contributed by atoms with Crippen molar-refractivity contribution in [2.45, 2.75) is 70.7 Å². The second-order valence-corrected chi connectivity index (χ2v) is 10.7. The van der Waals surface area contributed by atoms with Crippen molar-refractivity contribution in [3.63, 3.8) is 0 Å². The predicted molar refractivity (Wildman–Crippen MR) is 112 cm³/mol. The molecule has 1 aromatic carbocycles. The van der Waals surface area contributed by atoms with Gasteiger partial charge >= 0.3 is 0 Å². The first kappa shape index (κ1) is 20.8. The SMILES string of the molecule is CC(C)OC1CCC(c2nnc3n2-c2ccc(Cl)cc2CN(S(C)(=O)=O)C3)CC1. The highest BCUT2D eigenvalue weighted by molar-refractivity contribution is 7.88. The average molecular weight is 439 g/mol. The summed E-state index contributed by atoms with van der Waals surface area (Å²) in [6, 6.07) is 5.60. The molecule has 9 heteroatoms. The van der Waals surface area contributed by atoms with Gasteiger partial charge in [-0.15, -0.1) is 10.2 Å². The van der Waals surface area contributed by atoms with E-state index in [-0.39, 0.29) is 25.1 Å². The minimum atomic E-state index is -3.39. The van der Waals surface area contributed by atoms with E-state index < -0.39 is 10.0 Å². The molecule has 7 nitrogen and oxygen atoms in total. The maximum Gasteiger partial charge on any atom is 0.211 e. The molecule has 0 amide bonds. The van der Waals surface area contributed by atoms with Crippen molar-refractivity contribution in [1.82, 2.24) is 19.1 Å². The number of benzene rings is 1. The molecule has 0 spiro atoms. The zero-order valence-electron chi connectivity index (χ0n) is 17.0. The second-order valence-electron chi connectivity index (χ2n) is 8.27. The Kier molecular flexibility index (Phi) is 5.72. The van der Waals surface area contributed by atoms with Crippen LogP contribution < -0.4 is 0 Å². The van der Waals surface area contributed by atoms with Crippen molar-refractivity contribution in [3.8, 4) is 5.69 Å². The average Bonchev–Trinajstić information content (AvgIpc) is 2.97. The standard InChI is InChI=1S/C20H27ClN4O3S/c1-13(2)28-17-7-4-14(5-8-17)20-23-22-19-12-24(29(3,26)27)11-15-10-16(21)6-9-18(15)25(19)20/h6,9-10,13-14,17H,4-5,7-8,11-12H2,1-3H3. The van der Waals surface area contributed by atoms with E-state index >= 15 is 0 Å². The van der Waals surface area contributed by atoms with E-state index in [9.17, 15) is 8.42 Å². The molecule has 1 aliphatic heterocycles. The van der Waals surface area contributed by atoms with E-state index in [1.165, 1.54) is 10.6 Å². The van der Waals surface area contributed by atoms with Crippen molar-refractivity contribution in [2.75, 3.05) is 6.26 Å². The van der Waals surface area contributed by atoms with Crippen LogP contribution in [0.1, 0.15) is 62.7 Å². The molecule has 1 fully saturated rings. The number of ether oxygens (including phenoxy) is 1. The van der Waals surface area contributed by atoms with E-state index in [1.54, 1.807) is 0 Å². The van der Waals surface area contributed by atoms with Crippen molar-refractivity contribution in [3.05, 3.63) is 40.4 Å². The van der Waals surface area contributed by atoms with Gasteiger partial charge < -0.3 is 4.74 Å². The number of rotatable bonds is 4. The van der Waals surface area contributed by atoms with Gasteiger partial charge in [0.15, 0.2) is 5.82 Å². The monoisotopic (exact) mass is 438 g/mol. The number of sulfonamides is 1. The summed E-state index contributed by atoms with van der Waals surface area (Å²) in [7, 11) is -3.39. The van der Waals surface area contributed by atoms with Crippen LogP contribution in [0.2, 0.25) is 5.02 Å². The van der Waals surface area contributed by atoms with Gasteiger partial charge in [0.1, 0.15) is 5.82 Å². The molecule has 0 atom stereocenters. The Morgan fingerprint density at radius 2 is 1.86 bits per heavy atom. The molecule has 0 unspecified atom stereocenters. The molecule has 0 N–H and O–H groups in total. The molecule has 29 heavy (non-hydrogen) atoms. The number of halogens is 1. The van der Waals surface area contributed by atoms with Crippen LogP contribution in [0.5, 0.6) is 0 Å². The molecular formula is C20H27ClN4O3S. The maximum absolute atomic E-state index is 12.3. The summed E-state index contributed by atoms with van der Waals surface area (Å²) in [6.45, 7) is 4.61. The van der Waals surface area contributed by atoms with Crippen LogP contribution in [0.3, 0.4) is 0 Å². The largest absolute Gasteiger partial charge is 0.376 e. The Balaban J connectivity index is 1.70. The highest BCUT2D eigenvalue weighted by Crippen LogP contribution is 2.37. The molecule has 4 rings (SSSR count). The highest BCUT2D eigenvalue weighted by atomic mass is 35.5. The zero-order chi connectivity index (χ0) is 20.8. The summed E-state index contributed by atoms with van der Waals surface area (Å²) in [6.07, 6.45) is 5.70. The fraction of sp³-hybridized carbons (Fsp3) is 0.600. The summed E-state index contributed by atoms with van der Waals surface area (Å²) in [4.78, 5) is 0. The highest BCUT2D eigenvalue weighted by Gasteiger charge is 2.32. The quantitative estimate of drug-likeness (QED) is 0.728. The summed E-state index contributed by atoms with van der Waals surface area (Å²) < 4.78 is 34.0. The van der Waals surface area contributed by atoms with E-state index in [0.717, 1.165) is 42.8 Å². The number of hydrogen-bond acceptors (Lipinski definition) is 5. The van der Waals surface area contributed by atoms with Gasteiger partial charge in [-0.1, -0.05) is 11.6 Å². The minimum Gasteiger partial charge on any atom is -0.376 e. The Labute approximate surface area is 177 Å². The van der Waals surface area contributed by atoms with Crippen LogP contribution in [-0.4, -0.2) is 46.0 Å². The van der Waals surface area contributed by atoms with E-state index in [2.05, 4.69) is 24.0 Å². The molecule has 0 radical (unpaired) electrons. The maximum atomic E-state index is 12.3. The van der Waals surface area contributed by atoms with Crippen LogP contribution in [-0.2, 0) is 27.8 Å². The van der Waals surface area contributed by atoms with Crippen LogP contribution in [0.4, 0.5) is 0 Å². The van der Waals surface area contributed by atoms with Gasteiger partial charge in [0.25, 0.3) is 0 Å². The Morgan fingerprint density at radius 1 is 1.14 bits per heavy atom. The minimum absolute atomic E-state index is 0.198. The number of hydrogen-bond donors (Lipinski definition) is 0. The predicted octanol–water partition coefficient (Wildman–Crippen LogP) is 3.65. The first-order chi connectivity index (χ1) is 13.7. The number of aromatic nitrogens is 3. The van der Waals surface area contributed by atoms with Gasteiger partial charge in [-0.05, 0) is 63.3 Å². The lowest BCUT2D eigenvalue weighted by Crippen LogP contribution is -2.28. The van der Waals surface area contributed by atoms with Gasteiger partial charge in [-0.25, -0.2) is 8.42 Å². The van der Waals surface area contributed by atoms with Gasteiger partial charge in [-0.2, -0.15) is 4.31 Å². The fourth-order valence-corrected chi connectivity index (χ4v) is 5.26. The second kappa shape index (κ2) is 7.98. The lowest BCUT2D eigenvalue weighted by molar-refractivity contribution is -0.0151. The third kappa shape index (κ3) is 4.35. The van der Waals surface area contributed by atoms with Gasteiger partial charge in [0.2, 0.25) is 10.0 Å². The molecule has 2 heterocycles. The first-order valence-corrected chi connectivity index (χ1v) is 12.3. The van der Waals surface area contributed by atoms with Crippen molar-refractivity contribution in [1.29, 1.82) is 0 Å². The van der Waals surface area contributed by atoms with Crippen molar-refractivity contribution < 1.29 is 13.2 Å². The number of nitrogens with zero attached hydrogens (tertiary/aromatic N) is 4. The molecular weight excluding hydrogens is 412 g/mol. The van der Waals surface area contributed by atoms with Crippen LogP contribution in [0.15, 0.2) is 18.2 Å². The molecule has 158 valence electrons. The summed E-state index contributed by atoms with van der Waals surface area (Å²) in [5, 5.41) is 9.48. The smallest absolute Gasteiger partial charge is 0.211 e. The summed E-state index contributed by atoms with van der Waals surface area (Å²) in [5.74, 6) is 1.82. The summed E-state index contributed by atoms with van der Waals surface area (Å²) >= 11 is 6.22. The molecule has 1 aliphatic carbocycles. The molecule has 2 aliphatic rings. The molecule has 1 saturated carbocycles. The van der Waals surface area contributed by atoms with E-state index in [4.69, 9.17) is 16.3 Å². The molecule has 0 saturated heterocycles. The summed E-state index contributed by atoms with van der Waals surface area (Å²) in [5.41, 5.74) is 1.77. The van der Waals surface area contributed by atoms with Crippen LogP contribution in [0, 0.1) is 0 Å². The third-order valence-electron chi connectivity index (χ3n) is 5.68. The topological polar surface area (TPSA) is 77.3 Å².